The first kappa shape index (κ1) is 19.2. The van der Waals surface area contributed by atoms with Crippen LogP contribution in [0.4, 0.5) is 0 Å². The summed E-state index contributed by atoms with van der Waals surface area (Å²) in [7, 11) is 1.64. The van der Waals surface area contributed by atoms with Gasteiger partial charge in [-0.1, -0.05) is 30.3 Å². The molecule has 0 fully saturated rings. The number of hydrogen-bond acceptors (Lipinski definition) is 4. The maximum atomic E-state index is 13.2. The van der Waals surface area contributed by atoms with Crippen molar-refractivity contribution in [2.75, 3.05) is 13.2 Å². The number of aryl methyl sites for hydroxylation is 2. The van der Waals surface area contributed by atoms with Gasteiger partial charge in [-0.2, -0.15) is 4.98 Å². The van der Waals surface area contributed by atoms with Gasteiger partial charge in [0, 0.05) is 25.5 Å². The average molecular weight is 395 g/mol. The van der Waals surface area contributed by atoms with Crippen LogP contribution in [0.3, 0.4) is 0 Å². The molecule has 152 valence electrons. The molecule has 1 aromatic carbocycles. The first-order valence-electron chi connectivity index (χ1n) is 9.77. The number of hydrogen-bond donors (Lipinski definition) is 0. The molecule has 0 aliphatic heterocycles. The lowest BCUT2D eigenvalue weighted by molar-refractivity contribution is 0.137. The van der Waals surface area contributed by atoms with Crippen LogP contribution in [0, 0.1) is 6.92 Å². The fourth-order valence-corrected chi connectivity index (χ4v) is 3.88. The van der Waals surface area contributed by atoms with Crippen LogP contribution < -0.4 is 11.2 Å². The highest BCUT2D eigenvalue weighted by Gasteiger charge is 2.22. The zero-order valence-corrected chi connectivity index (χ0v) is 17.1. The van der Waals surface area contributed by atoms with Crippen molar-refractivity contribution in [1.29, 1.82) is 0 Å². The van der Waals surface area contributed by atoms with Gasteiger partial charge in [-0.3, -0.25) is 18.3 Å². The lowest BCUT2D eigenvalue weighted by Crippen LogP contribution is -2.40. The Bertz CT molecular complexity index is 1290. The Morgan fingerprint density at radius 2 is 1.90 bits per heavy atom. The minimum Gasteiger partial charge on any atom is -0.380 e. The number of imidazole rings is 2. The van der Waals surface area contributed by atoms with Crippen molar-refractivity contribution in [3.05, 3.63) is 68.6 Å². The van der Waals surface area contributed by atoms with Gasteiger partial charge in [0.25, 0.3) is 5.56 Å². The molecule has 0 bridgehead atoms. The van der Waals surface area contributed by atoms with E-state index in [0.717, 1.165) is 11.3 Å². The fraction of sp³-hybridized carbons (Fsp3) is 0.381. The van der Waals surface area contributed by atoms with Gasteiger partial charge in [0.05, 0.1) is 19.2 Å². The van der Waals surface area contributed by atoms with Gasteiger partial charge in [-0.15, -0.1) is 0 Å². The summed E-state index contributed by atoms with van der Waals surface area (Å²) in [4.78, 5) is 30.6. The summed E-state index contributed by atoms with van der Waals surface area (Å²) >= 11 is 0. The molecule has 0 spiro atoms. The minimum absolute atomic E-state index is 0.0303. The van der Waals surface area contributed by atoms with Crippen LogP contribution in [0.5, 0.6) is 0 Å². The molecule has 29 heavy (non-hydrogen) atoms. The Morgan fingerprint density at radius 1 is 1.17 bits per heavy atom. The highest BCUT2D eigenvalue weighted by atomic mass is 16.5. The number of fused-ring (bicyclic) bond motifs is 3. The lowest BCUT2D eigenvalue weighted by atomic mass is 10.1. The lowest BCUT2D eigenvalue weighted by Gasteiger charge is -2.16. The Balaban J connectivity index is 1.96. The molecular formula is C21H25N5O3. The molecule has 0 saturated heterocycles. The Morgan fingerprint density at radius 3 is 2.59 bits per heavy atom. The van der Waals surface area contributed by atoms with Gasteiger partial charge in [0.15, 0.2) is 11.2 Å². The largest absolute Gasteiger partial charge is 0.380 e. The maximum absolute atomic E-state index is 13.2. The number of rotatable bonds is 6. The molecule has 0 unspecified atom stereocenters. The smallest absolute Gasteiger partial charge is 0.332 e. The van der Waals surface area contributed by atoms with E-state index in [0.29, 0.717) is 30.2 Å². The van der Waals surface area contributed by atoms with E-state index in [1.165, 1.54) is 9.13 Å². The summed E-state index contributed by atoms with van der Waals surface area (Å²) in [5.74, 6) is 0.642. The molecule has 3 aromatic heterocycles. The molecule has 8 nitrogen and oxygen atoms in total. The Kier molecular flexibility index (Phi) is 4.87. The van der Waals surface area contributed by atoms with E-state index in [9.17, 15) is 9.59 Å². The summed E-state index contributed by atoms with van der Waals surface area (Å²) in [6, 6.07) is 10.2. The monoisotopic (exact) mass is 395 g/mol. The van der Waals surface area contributed by atoms with Crippen LogP contribution in [-0.2, 0) is 18.3 Å². The van der Waals surface area contributed by atoms with Crippen molar-refractivity contribution < 1.29 is 4.74 Å². The molecule has 0 saturated carbocycles. The van der Waals surface area contributed by atoms with E-state index in [4.69, 9.17) is 4.74 Å². The summed E-state index contributed by atoms with van der Waals surface area (Å²) in [6.45, 7) is 7.03. The second-order valence-electron chi connectivity index (χ2n) is 7.18. The number of ether oxygens (including phenoxy) is 1. The number of aromatic nitrogens is 5. The second kappa shape index (κ2) is 7.36. The molecule has 4 rings (SSSR count). The standard InChI is InChI=1S/C21H25N5O3/c1-5-29-12-11-24-19(27)17-18(23(4)21(24)28)22-20-25(17)13-14(2)26(20)15(3)16-9-7-6-8-10-16/h6-10,13,15H,5,11-12H2,1-4H3/t15-/m0/s1. The van der Waals surface area contributed by atoms with Gasteiger partial charge in [-0.05, 0) is 26.3 Å². The third kappa shape index (κ3) is 3.00. The van der Waals surface area contributed by atoms with Crippen LogP contribution in [0.1, 0.15) is 31.1 Å². The topological polar surface area (TPSA) is 75.5 Å². The van der Waals surface area contributed by atoms with Crippen LogP contribution >= 0.6 is 0 Å². The van der Waals surface area contributed by atoms with Gasteiger partial charge < -0.3 is 9.30 Å². The van der Waals surface area contributed by atoms with Crippen molar-refractivity contribution in [2.45, 2.75) is 33.4 Å². The van der Waals surface area contributed by atoms with Crippen molar-refractivity contribution in [3.63, 3.8) is 0 Å². The van der Waals surface area contributed by atoms with Crippen LogP contribution in [0.25, 0.3) is 16.9 Å². The molecule has 4 aromatic rings. The number of benzene rings is 1. The molecule has 3 heterocycles. The van der Waals surface area contributed by atoms with Gasteiger partial charge >= 0.3 is 5.69 Å². The number of nitrogens with zero attached hydrogens (tertiary/aromatic N) is 5. The highest BCUT2D eigenvalue weighted by Crippen LogP contribution is 2.25. The first-order chi connectivity index (χ1) is 14.0. The normalized spacial score (nSPS) is 12.8. The van der Waals surface area contributed by atoms with Crippen molar-refractivity contribution in [1.82, 2.24) is 23.1 Å². The zero-order chi connectivity index (χ0) is 20.7. The van der Waals surface area contributed by atoms with Crippen molar-refractivity contribution in [3.8, 4) is 0 Å². The molecule has 0 amide bonds. The third-order valence-electron chi connectivity index (χ3n) is 5.40. The first-order valence-corrected chi connectivity index (χ1v) is 9.77. The predicted molar refractivity (Wildman–Crippen MR) is 112 cm³/mol. The third-order valence-corrected chi connectivity index (χ3v) is 5.40. The second-order valence-corrected chi connectivity index (χ2v) is 7.18. The summed E-state index contributed by atoms with van der Waals surface area (Å²) < 4.78 is 11.9. The molecule has 8 heteroatoms. The van der Waals surface area contributed by atoms with Crippen molar-refractivity contribution >= 4 is 16.9 Å². The van der Waals surface area contributed by atoms with E-state index >= 15 is 0 Å². The van der Waals surface area contributed by atoms with E-state index in [1.54, 1.807) is 11.4 Å². The average Bonchev–Trinajstić information content (AvgIpc) is 3.23. The predicted octanol–water partition coefficient (Wildman–Crippen LogP) is 2.10. The summed E-state index contributed by atoms with van der Waals surface area (Å²) in [6.07, 6.45) is 1.91. The van der Waals surface area contributed by atoms with Crippen LogP contribution in [0.15, 0.2) is 46.1 Å². The fourth-order valence-electron chi connectivity index (χ4n) is 3.88. The van der Waals surface area contributed by atoms with Crippen molar-refractivity contribution in [2.24, 2.45) is 7.05 Å². The zero-order valence-electron chi connectivity index (χ0n) is 17.1. The maximum Gasteiger partial charge on any atom is 0.332 e. The van der Waals surface area contributed by atoms with Gasteiger partial charge in [0.1, 0.15) is 0 Å². The van der Waals surface area contributed by atoms with E-state index < -0.39 is 0 Å². The van der Waals surface area contributed by atoms with E-state index in [-0.39, 0.29) is 23.8 Å². The van der Waals surface area contributed by atoms with E-state index in [1.807, 2.05) is 38.2 Å². The minimum atomic E-state index is -0.387. The molecule has 0 N–H and O–H groups in total. The Hall–Kier alpha value is -3.13. The highest BCUT2D eigenvalue weighted by molar-refractivity contribution is 5.75. The van der Waals surface area contributed by atoms with Gasteiger partial charge in [0.2, 0.25) is 5.78 Å². The molecule has 0 radical (unpaired) electrons. The molecular weight excluding hydrogens is 370 g/mol. The quantitative estimate of drug-likeness (QED) is 0.469. The van der Waals surface area contributed by atoms with E-state index in [2.05, 4.69) is 28.6 Å². The van der Waals surface area contributed by atoms with Crippen LogP contribution in [0.2, 0.25) is 0 Å². The summed E-state index contributed by atoms with van der Waals surface area (Å²) in [5.41, 5.74) is 2.18. The molecule has 0 aliphatic rings. The Labute approximate surface area is 167 Å². The molecule has 1 atom stereocenters. The summed E-state index contributed by atoms with van der Waals surface area (Å²) in [5, 5.41) is 0. The SMILES string of the molecule is CCOCCn1c(=O)c2c(nc3n([C@@H](C)c4ccccc4)c(C)cn23)n(C)c1=O. The molecule has 0 aliphatic carbocycles. The van der Waals surface area contributed by atoms with Gasteiger partial charge in [-0.25, -0.2) is 4.79 Å². The van der Waals surface area contributed by atoms with Crippen LogP contribution in [-0.4, -0.2) is 36.3 Å².